The first kappa shape index (κ1) is 13.5. The molecule has 0 aliphatic heterocycles. The van der Waals surface area contributed by atoms with Crippen molar-refractivity contribution in [2.75, 3.05) is 5.32 Å². The molecule has 1 aromatic rings. The number of anilines is 1. The van der Waals surface area contributed by atoms with Gasteiger partial charge in [-0.25, -0.2) is 0 Å². The molecule has 1 fully saturated rings. The first-order chi connectivity index (χ1) is 8.60. The van der Waals surface area contributed by atoms with E-state index in [0.717, 1.165) is 5.92 Å². The number of hydrogen-bond donors (Lipinski definition) is 1. The number of benzene rings is 1. The normalized spacial score (nSPS) is 24.0. The minimum absolute atomic E-state index is 0.688. The lowest BCUT2D eigenvalue weighted by atomic mass is 9.84. The average molecular weight is 245 g/mol. The maximum Gasteiger partial charge on any atom is 0.0401 e. The summed E-state index contributed by atoms with van der Waals surface area (Å²) in [5.74, 6) is 0.975. The van der Waals surface area contributed by atoms with Gasteiger partial charge in [0.05, 0.1) is 0 Å². The third kappa shape index (κ3) is 3.07. The second-order valence-electron chi connectivity index (χ2n) is 6.04. The molecule has 1 aromatic carbocycles. The van der Waals surface area contributed by atoms with Crippen molar-refractivity contribution < 1.29 is 0 Å². The van der Waals surface area contributed by atoms with E-state index < -0.39 is 0 Å². The summed E-state index contributed by atoms with van der Waals surface area (Å²) in [4.78, 5) is 0. The fourth-order valence-corrected chi connectivity index (χ4v) is 3.33. The van der Waals surface area contributed by atoms with Crippen LogP contribution < -0.4 is 5.32 Å². The Morgan fingerprint density at radius 2 is 1.56 bits per heavy atom. The van der Waals surface area contributed by atoms with Gasteiger partial charge < -0.3 is 5.32 Å². The van der Waals surface area contributed by atoms with Crippen molar-refractivity contribution in [3.63, 3.8) is 0 Å². The minimum atomic E-state index is 0.688. The van der Waals surface area contributed by atoms with Crippen molar-refractivity contribution in [1.82, 2.24) is 0 Å². The Bertz CT molecular complexity index is 377. The van der Waals surface area contributed by atoms with E-state index in [-0.39, 0.29) is 0 Å². The lowest BCUT2D eigenvalue weighted by molar-refractivity contribution is 0.330. The molecular formula is C17H27N. The van der Waals surface area contributed by atoms with Crippen molar-refractivity contribution in [3.05, 3.63) is 28.8 Å². The van der Waals surface area contributed by atoms with Crippen LogP contribution in [0.1, 0.15) is 55.7 Å². The maximum atomic E-state index is 3.79. The minimum Gasteiger partial charge on any atom is -0.382 e. The zero-order valence-corrected chi connectivity index (χ0v) is 12.3. The van der Waals surface area contributed by atoms with Crippen molar-refractivity contribution in [3.8, 4) is 0 Å². The van der Waals surface area contributed by atoms with Crippen LogP contribution in [0, 0.1) is 26.7 Å². The van der Waals surface area contributed by atoms with Crippen LogP contribution in [-0.4, -0.2) is 6.04 Å². The lowest BCUT2D eigenvalue weighted by Gasteiger charge is -2.30. The monoisotopic (exact) mass is 245 g/mol. The molecule has 1 saturated carbocycles. The summed E-state index contributed by atoms with van der Waals surface area (Å²) in [6.45, 7) is 8.95. The summed E-state index contributed by atoms with van der Waals surface area (Å²) in [5, 5.41) is 3.79. The predicted molar refractivity (Wildman–Crippen MR) is 80.3 cm³/mol. The van der Waals surface area contributed by atoms with E-state index >= 15 is 0 Å². The molecular weight excluding hydrogens is 218 g/mol. The summed E-state index contributed by atoms with van der Waals surface area (Å²) in [7, 11) is 0. The topological polar surface area (TPSA) is 12.0 Å². The van der Waals surface area contributed by atoms with Crippen LogP contribution in [0.15, 0.2) is 12.1 Å². The number of rotatable bonds is 3. The van der Waals surface area contributed by atoms with Crippen LogP contribution in [0.3, 0.4) is 0 Å². The van der Waals surface area contributed by atoms with Gasteiger partial charge in [-0.1, -0.05) is 31.0 Å². The van der Waals surface area contributed by atoms with Gasteiger partial charge in [0.2, 0.25) is 0 Å². The molecule has 0 atom stereocenters. The van der Waals surface area contributed by atoms with E-state index in [1.807, 2.05) is 0 Å². The van der Waals surface area contributed by atoms with Crippen molar-refractivity contribution in [2.45, 2.75) is 65.8 Å². The molecule has 0 amide bonds. The summed E-state index contributed by atoms with van der Waals surface area (Å²) in [5.41, 5.74) is 5.53. The molecule has 0 saturated heterocycles. The van der Waals surface area contributed by atoms with Gasteiger partial charge in [0.25, 0.3) is 0 Å². The number of aryl methyl sites for hydroxylation is 3. The molecule has 0 heterocycles. The van der Waals surface area contributed by atoms with Crippen LogP contribution in [0.5, 0.6) is 0 Å². The summed E-state index contributed by atoms with van der Waals surface area (Å²) < 4.78 is 0. The van der Waals surface area contributed by atoms with Gasteiger partial charge in [-0.2, -0.15) is 0 Å². The van der Waals surface area contributed by atoms with E-state index in [2.05, 4.69) is 45.1 Å². The molecule has 0 radical (unpaired) electrons. The highest BCUT2D eigenvalue weighted by Gasteiger charge is 2.20. The second-order valence-corrected chi connectivity index (χ2v) is 6.04. The Morgan fingerprint density at radius 3 is 2.06 bits per heavy atom. The van der Waals surface area contributed by atoms with Gasteiger partial charge in [-0.05, 0) is 63.5 Å². The largest absolute Gasteiger partial charge is 0.382 e. The van der Waals surface area contributed by atoms with Crippen molar-refractivity contribution >= 4 is 5.69 Å². The van der Waals surface area contributed by atoms with Crippen LogP contribution in [0.2, 0.25) is 0 Å². The van der Waals surface area contributed by atoms with E-state index in [1.54, 1.807) is 0 Å². The molecule has 1 aliphatic rings. The van der Waals surface area contributed by atoms with Gasteiger partial charge in [0, 0.05) is 11.7 Å². The Morgan fingerprint density at radius 1 is 1.00 bits per heavy atom. The zero-order chi connectivity index (χ0) is 13.1. The van der Waals surface area contributed by atoms with Gasteiger partial charge in [0.1, 0.15) is 0 Å². The third-order valence-electron chi connectivity index (χ3n) is 4.45. The van der Waals surface area contributed by atoms with Crippen molar-refractivity contribution in [1.29, 1.82) is 0 Å². The molecule has 0 spiro atoms. The fourth-order valence-electron chi connectivity index (χ4n) is 3.33. The Balaban J connectivity index is 2.02. The summed E-state index contributed by atoms with van der Waals surface area (Å²) in [6.07, 6.45) is 6.84. The van der Waals surface area contributed by atoms with Crippen LogP contribution in [-0.2, 0) is 0 Å². The average Bonchev–Trinajstić information content (AvgIpc) is 2.34. The Kier molecular flexibility index (Phi) is 4.31. The van der Waals surface area contributed by atoms with E-state index in [0.29, 0.717) is 6.04 Å². The van der Waals surface area contributed by atoms with Crippen LogP contribution >= 0.6 is 0 Å². The predicted octanol–water partition coefficient (Wildman–Crippen LogP) is 4.99. The SMILES string of the molecule is CCC1CCC(Nc2c(C)cc(C)cc2C)CC1. The smallest absolute Gasteiger partial charge is 0.0401 e. The van der Waals surface area contributed by atoms with Crippen LogP contribution in [0.25, 0.3) is 0 Å². The van der Waals surface area contributed by atoms with Crippen molar-refractivity contribution in [2.24, 2.45) is 5.92 Å². The summed E-state index contributed by atoms with van der Waals surface area (Å²) >= 11 is 0. The fraction of sp³-hybridized carbons (Fsp3) is 0.647. The third-order valence-corrected chi connectivity index (χ3v) is 4.45. The quantitative estimate of drug-likeness (QED) is 0.791. The Labute approximate surface area is 112 Å². The molecule has 100 valence electrons. The van der Waals surface area contributed by atoms with Gasteiger partial charge in [-0.15, -0.1) is 0 Å². The Hall–Kier alpha value is -0.980. The molecule has 1 heteroatoms. The summed E-state index contributed by atoms with van der Waals surface area (Å²) in [6, 6.07) is 5.26. The highest BCUT2D eigenvalue weighted by Crippen LogP contribution is 2.30. The molecule has 1 N–H and O–H groups in total. The first-order valence-electron chi connectivity index (χ1n) is 7.44. The van der Waals surface area contributed by atoms with Gasteiger partial charge in [0.15, 0.2) is 0 Å². The molecule has 0 aromatic heterocycles. The number of nitrogens with one attached hydrogen (secondary N) is 1. The van der Waals surface area contributed by atoms with Gasteiger partial charge in [-0.3, -0.25) is 0 Å². The number of hydrogen-bond acceptors (Lipinski definition) is 1. The molecule has 2 rings (SSSR count). The molecule has 1 nitrogen and oxygen atoms in total. The molecule has 18 heavy (non-hydrogen) atoms. The first-order valence-corrected chi connectivity index (χ1v) is 7.44. The van der Waals surface area contributed by atoms with E-state index in [9.17, 15) is 0 Å². The van der Waals surface area contributed by atoms with Gasteiger partial charge >= 0.3 is 0 Å². The molecule has 1 aliphatic carbocycles. The second kappa shape index (κ2) is 5.77. The lowest BCUT2D eigenvalue weighted by Crippen LogP contribution is -2.26. The maximum absolute atomic E-state index is 3.79. The van der Waals surface area contributed by atoms with E-state index in [1.165, 1.54) is 54.5 Å². The molecule has 0 bridgehead atoms. The molecule has 0 unspecified atom stereocenters. The highest BCUT2D eigenvalue weighted by atomic mass is 14.9. The van der Waals surface area contributed by atoms with Crippen LogP contribution in [0.4, 0.5) is 5.69 Å². The standard InChI is InChI=1S/C17H27N/c1-5-15-6-8-16(9-7-15)18-17-13(3)10-12(2)11-14(17)4/h10-11,15-16,18H,5-9H2,1-4H3. The van der Waals surface area contributed by atoms with E-state index in [4.69, 9.17) is 0 Å². The highest BCUT2D eigenvalue weighted by molar-refractivity contribution is 5.58. The zero-order valence-electron chi connectivity index (χ0n) is 12.3.